The van der Waals surface area contributed by atoms with Crippen molar-refractivity contribution in [3.8, 4) is 5.75 Å². The van der Waals surface area contributed by atoms with E-state index in [-0.39, 0.29) is 17.0 Å². The number of nitrogens with two attached hydrogens (primary N) is 1. The first-order valence-corrected chi connectivity index (χ1v) is 4.76. The number of halogens is 3. The molecule has 0 bridgehead atoms. The first kappa shape index (κ1) is 11.9. The quantitative estimate of drug-likeness (QED) is 0.684. The second-order valence-corrected chi connectivity index (χ2v) is 3.63. The minimum Gasteiger partial charge on any atom is -0.432 e. The zero-order chi connectivity index (χ0) is 11.6. The zero-order valence-electron chi connectivity index (χ0n) is 7.76. The lowest BCUT2D eigenvalue weighted by molar-refractivity contribution is -0.0496. The molecule has 0 atom stereocenters. The summed E-state index contributed by atoms with van der Waals surface area (Å²) in [4.78, 5) is 11.2. The highest BCUT2D eigenvalue weighted by Gasteiger charge is 2.18. The van der Waals surface area contributed by atoms with Gasteiger partial charge in [0.05, 0.1) is 11.3 Å². The molecule has 0 saturated heterocycles. The second kappa shape index (κ2) is 4.57. The van der Waals surface area contributed by atoms with Gasteiger partial charge in [0, 0.05) is 4.47 Å². The first-order chi connectivity index (χ1) is 6.93. The van der Waals surface area contributed by atoms with Crippen LogP contribution in [0.4, 0.5) is 14.5 Å². The fourth-order valence-electron chi connectivity index (χ4n) is 1.12. The molecule has 0 radical (unpaired) electrons. The number of anilines is 1. The van der Waals surface area contributed by atoms with Crippen LogP contribution in [0.1, 0.15) is 17.3 Å². The molecule has 0 aliphatic carbocycles. The molecule has 1 rings (SSSR count). The van der Waals surface area contributed by atoms with Gasteiger partial charge >= 0.3 is 6.61 Å². The maximum absolute atomic E-state index is 12.1. The smallest absolute Gasteiger partial charge is 0.387 e. The van der Waals surface area contributed by atoms with Crippen LogP contribution in [-0.4, -0.2) is 12.4 Å². The molecule has 0 heterocycles. The third-order valence-electron chi connectivity index (χ3n) is 1.70. The zero-order valence-corrected chi connectivity index (χ0v) is 9.35. The summed E-state index contributed by atoms with van der Waals surface area (Å²) in [5, 5.41) is 0. The number of benzene rings is 1. The summed E-state index contributed by atoms with van der Waals surface area (Å²) in [6.45, 7) is -1.77. The van der Waals surface area contributed by atoms with Crippen LogP contribution in [0.15, 0.2) is 16.6 Å². The van der Waals surface area contributed by atoms with Gasteiger partial charge in [-0.1, -0.05) is 0 Å². The Kier molecular flexibility index (Phi) is 3.62. The monoisotopic (exact) mass is 279 g/mol. The van der Waals surface area contributed by atoms with Crippen molar-refractivity contribution in [2.75, 3.05) is 5.73 Å². The second-order valence-electron chi connectivity index (χ2n) is 2.78. The van der Waals surface area contributed by atoms with Crippen LogP contribution in [0, 0.1) is 0 Å². The molecule has 1 aromatic carbocycles. The van der Waals surface area contributed by atoms with E-state index in [0.29, 0.717) is 4.47 Å². The van der Waals surface area contributed by atoms with Crippen molar-refractivity contribution in [1.82, 2.24) is 0 Å². The lowest BCUT2D eigenvalue weighted by atomic mass is 10.1. The molecule has 0 aliphatic heterocycles. The summed E-state index contributed by atoms with van der Waals surface area (Å²) < 4.78 is 28.7. The van der Waals surface area contributed by atoms with Gasteiger partial charge in [0.2, 0.25) is 0 Å². The van der Waals surface area contributed by atoms with Crippen LogP contribution in [-0.2, 0) is 0 Å². The molecule has 1 aromatic rings. The highest BCUT2D eigenvalue weighted by Crippen LogP contribution is 2.34. The van der Waals surface area contributed by atoms with Gasteiger partial charge in [-0.3, -0.25) is 4.79 Å². The number of hydrogen-bond donors (Lipinski definition) is 1. The average Bonchev–Trinajstić information content (AvgIpc) is 2.10. The number of ether oxygens (including phenoxy) is 1. The summed E-state index contributed by atoms with van der Waals surface area (Å²) in [6.07, 6.45) is 0. The molecule has 0 amide bonds. The van der Waals surface area contributed by atoms with Crippen molar-refractivity contribution in [2.24, 2.45) is 0 Å². The number of Topliss-reactive ketones (excluding diaryl/α,β-unsaturated/α-hetero) is 1. The number of carbonyl (C=O) groups excluding carboxylic acids is 1. The molecule has 0 spiro atoms. The third kappa shape index (κ3) is 2.65. The number of alkyl halides is 2. The highest BCUT2D eigenvalue weighted by molar-refractivity contribution is 9.10. The molecule has 0 aliphatic rings. The molecule has 0 unspecified atom stereocenters. The number of carbonyl (C=O) groups is 1. The lowest BCUT2D eigenvalue weighted by Crippen LogP contribution is -2.09. The maximum atomic E-state index is 12.1. The Morgan fingerprint density at radius 1 is 1.53 bits per heavy atom. The van der Waals surface area contributed by atoms with E-state index in [0.717, 1.165) is 0 Å². The molecule has 15 heavy (non-hydrogen) atoms. The Hall–Kier alpha value is -1.17. The molecule has 2 N–H and O–H groups in total. The van der Waals surface area contributed by atoms with Crippen LogP contribution in [0.25, 0.3) is 0 Å². The number of nitrogen functional groups attached to an aromatic ring is 1. The maximum Gasteiger partial charge on any atom is 0.387 e. The largest absolute Gasteiger partial charge is 0.432 e. The van der Waals surface area contributed by atoms with E-state index in [1.54, 1.807) is 0 Å². The van der Waals surface area contributed by atoms with Crippen LogP contribution in [0.2, 0.25) is 0 Å². The van der Waals surface area contributed by atoms with Gasteiger partial charge in [-0.05, 0) is 35.0 Å². The van der Waals surface area contributed by atoms with Crippen molar-refractivity contribution in [2.45, 2.75) is 13.5 Å². The minimum absolute atomic E-state index is 0.00343. The van der Waals surface area contributed by atoms with Crippen LogP contribution in [0.5, 0.6) is 5.75 Å². The molecule has 0 fully saturated rings. The summed E-state index contributed by atoms with van der Waals surface area (Å²) in [7, 11) is 0. The van der Waals surface area contributed by atoms with E-state index < -0.39 is 12.4 Å². The van der Waals surface area contributed by atoms with Gasteiger partial charge in [0.25, 0.3) is 0 Å². The van der Waals surface area contributed by atoms with Crippen molar-refractivity contribution in [3.63, 3.8) is 0 Å². The van der Waals surface area contributed by atoms with Gasteiger partial charge in [-0.25, -0.2) is 0 Å². The third-order valence-corrected chi connectivity index (χ3v) is 2.36. The minimum atomic E-state index is -3.01. The summed E-state index contributed by atoms with van der Waals surface area (Å²) in [5.74, 6) is -0.684. The van der Waals surface area contributed by atoms with Gasteiger partial charge in [-0.2, -0.15) is 8.78 Å². The van der Waals surface area contributed by atoms with E-state index in [9.17, 15) is 13.6 Å². The first-order valence-electron chi connectivity index (χ1n) is 3.97. The van der Waals surface area contributed by atoms with Gasteiger partial charge in [-0.15, -0.1) is 0 Å². The normalized spacial score (nSPS) is 10.5. The topological polar surface area (TPSA) is 52.3 Å². The lowest BCUT2D eigenvalue weighted by Gasteiger charge is -2.12. The van der Waals surface area contributed by atoms with Gasteiger partial charge in [0.1, 0.15) is 0 Å². The Balaban J connectivity index is 3.31. The SMILES string of the molecule is CC(=O)c1c(Br)ccc(N)c1OC(F)F. The molecular formula is C9H8BrF2NO2. The standard InChI is InChI=1S/C9H8BrF2NO2/c1-4(14)7-5(10)2-3-6(13)8(7)15-9(11)12/h2-3,9H,13H2,1H3. The fraction of sp³-hybridized carbons (Fsp3) is 0.222. The number of ketones is 1. The van der Waals surface area contributed by atoms with Crippen molar-refractivity contribution >= 4 is 27.4 Å². The Bertz CT molecular complexity index is 396. The van der Waals surface area contributed by atoms with E-state index in [1.165, 1.54) is 19.1 Å². The number of rotatable bonds is 3. The van der Waals surface area contributed by atoms with Crippen LogP contribution >= 0.6 is 15.9 Å². The predicted octanol–water partition coefficient (Wildman–Crippen LogP) is 2.84. The van der Waals surface area contributed by atoms with E-state index >= 15 is 0 Å². The van der Waals surface area contributed by atoms with Gasteiger partial charge in [0.15, 0.2) is 11.5 Å². The molecule has 82 valence electrons. The summed E-state index contributed by atoms with van der Waals surface area (Å²) in [5.41, 5.74) is 5.47. The Labute approximate surface area is 93.3 Å². The summed E-state index contributed by atoms with van der Waals surface area (Å²) in [6, 6.07) is 2.89. The van der Waals surface area contributed by atoms with Crippen LogP contribution in [0.3, 0.4) is 0 Å². The molecule has 0 saturated carbocycles. The van der Waals surface area contributed by atoms with Gasteiger partial charge < -0.3 is 10.5 Å². The van der Waals surface area contributed by atoms with Crippen molar-refractivity contribution < 1.29 is 18.3 Å². The van der Waals surface area contributed by atoms with Crippen molar-refractivity contribution in [3.05, 3.63) is 22.2 Å². The van der Waals surface area contributed by atoms with E-state index in [4.69, 9.17) is 5.73 Å². The summed E-state index contributed by atoms with van der Waals surface area (Å²) >= 11 is 3.07. The molecular weight excluding hydrogens is 272 g/mol. The van der Waals surface area contributed by atoms with E-state index in [1.807, 2.05) is 0 Å². The van der Waals surface area contributed by atoms with Crippen molar-refractivity contribution in [1.29, 1.82) is 0 Å². The van der Waals surface area contributed by atoms with E-state index in [2.05, 4.69) is 20.7 Å². The fourth-order valence-corrected chi connectivity index (χ4v) is 1.71. The molecule has 6 heteroatoms. The Morgan fingerprint density at radius 2 is 2.13 bits per heavy atom. The highest BCUT2D eigenvalue weighted by atomic mass is 79.9. The molecule has 0 aromatic heterocycles. The Morgan fingerprint density at radius 3 is 2.60 bits per heavy atom. The van der Waals surface area contributed by atoms with Crippen LogP contribution < -0.4 is 10.5 Å². The predicted molar refractivity (Wildman–Crippen MR) is 55.2 cm³/mol. The molecule has 3 nitrogen and oxygen atoms in total. The average molecular weight is 280 g/mol. The number of hydrogen-bond acceptors (Lipinski definition) is 3.